The van der Waals surface area contributed by atoms with Crippen LogP contribution in [0.2, 0.25) is 0 Å². The maximum Gasteiger partial charge on any atom is 0.254 e. The summed E-state index contributed by atoms with van der Waals surface area (Å²) >= 11 is 0. The molecule has 0 radical (unpaired) electrons. The Balaban J connectivity index is 1.62. The van der Waals surface area contributed by atoms with Crippen LogP contribution in [0, 0.1) is 0 Å². The fourth-order valence-corrected chi connectivity index (χ4v) is 4.00. The van der Waals surface area contributed by atoms with Gasteiger partial charge in [-0.05, 0) is 68.4 Å². The quantitative estimate of drug-likeness (QED) is 0.677. The summed E-state index contributed by atoms with van der Waals surface area (Å²) in [5.74, 6) is -0.106. The van der Waals surface area contributed by atoms with Gasteiger partial charge in [0.25, 0.3) is 5.91 Å². The summed E-state index contributed by atoms with van der Waals surface area (Å²) in [5.41, 5.74) is 4.10. The monoisotopic (exact) mass is 373 g/mol. The zero-order valence-electron chi connectivity index (χ0n) is 16.4. The van der Waals surface area contributed by atoms with Gasteiger partial charge in [0.1, 0.15) is 0 Å². The Morgan fingerprint density at radius 1 is 1.14 bits per heavy atom. The molecule has 0 aliphatic carbocycles. The van der Waals surface area contributed by atoms with E-state index in [2.05, 4.69) is 48.1 Å². The van der Waals surface area contributed by atoms with E-state index in [1.54, 1.807) is 4.57 Å². The van der Waals surface area contributed by atoms with Gasteiger partial charge in [0, 0.05) is 18.0 Å². The lowest BCUT2D eigenvalue weighted by atomic mass is 10.0. The van der Waals surface area contributed by atoms with Crippen LogP contribution < -0.4 is 5.32 Å². The van der Waals surface area contributed by atoms with E-state index in [4.69, 9.17) is 0 Å². The summed E-state index contributed by atoms with van der Waals surface area (Å²) in [6.45, 7) is 6.84. The first-order chi connectivity index (χ1) is 13.7. The molecule has 2 aromatic carbocycles. The fourth-order valence-electron chi connectivity index (χ4n) is 4.00. The number of hydrogen-bond acceptors (Lipinski definition) is 3. The maximum absolute atomic E-state index is 12.6. The van der Waals surface area contributed by atoms with Gasteiger partial charge in [-0.1, -0.05) is 43.0 Å². The first-order valence-electron chi connectivity index (χ1n) is 9.94. The summed E-state index contributed by atoms with van der Waals surface area (Å²) in [7, 11) is 2.18. The molecule has 1 aromatic heterocycles. The van der Waals surface area contributed by atoms with E-state index in [1.807, 2.05) is 30.3 Å². The SMILES string of the molecule is C=CC(=O)n1c(-c2ccccc2)cc2cc(CNC3CCN(C)CC3)ccc21. The van der Waals surface area contributed by atoms with Gasteiger partial charge >= 0.3 is 0 Å². The van der Waals surface area contributed by atoms with Crippen LogP contribution in [-0.4, -0.2) is 41.6 Å². The molecule has 1 aliphatic heterocycles. The zero-order valence-corrected chi connectivity index (χ0v) is 16.4. The van der Waals surface area contributed by atoms with E-state index in [1.165, 1.54) is 24.5 Å². The van der Waals surface area contributed by atoms with Gasteiger partial charge in [0.15, 0.2) is 0 Å². The minimum absolute atomic E-state index is 0.106. The van der Waals surface area contributed by atoms with Crippen molar-refractivity contribution in [3.05, 3.63) is 72.8 Å². The largest absolute Gasteiger partial charge is 0.310 e. The Bertz CT molecular complexity index is 982. The third-order valence-electron chi connectivity index (χ3n) is 5.64. The maximum atomic E-state index is 12.6. The van der Waals surface area contributed by atoms with Crippen molar-refractivity contribution < 1.29 is 4.79 Å². The summed E-state index contributed by atoms with van der Waals surface area (Å²) < 4.78 is 1.76. The molecule has 1 fully saturated rings. The number of nitrogens with one attached hydrogen (secondary N) is 1. The molecule has 0 amide bonds. The number of carbonyl (C=O) groups excluding carboxylic acids is 1. The van der Waals surface area contributed by atoms with E-state index < -0.39 is 0 Å². The number of rotatable bonds is 5. The third-order valence-corrected chi connectivity index (χ3v) is 5.64. The average Bonchev–Trinajstić information content (AvgIpc) is 3.12. The number of hydrogen-bond donors (Lipinski definition) is 1. The summed E-state index contributed by atoms with van der Waals surface area (Å²) in [6.07, 6.45) is 3.77. The summed E-state index contributed by atoms with van der Waals surface area (Å²) in [6, 6.07) is 19.1. The lowest BCUT2D eigenvalue weighted by Gasteiger charge is -2.29. The molecule has 4 rings (SSSR count). The molecule has 1 aliphatic rings. The van der Waals surface area contributed by atoms with Crippen LogP contribution in [0.1, 0.15) is 23.2 Å². The van der Waals surface area contributed by atoms with E-state index in [0.29, 0.717) is 6.04 Å². The van der Waals surface area contributed by atoms with Gasteiger partial charge in [-0.15, -0.1) is 0 Å². The lowest BCUT2D eigenvalue weighted by Crippen LogP contribution is -2.40. The number of fused-ring (bicyclic) bond motifs is 1. The third kappa shape index (κ3) is 3.79. The highest BCUT2D eigenvalue weighted by atomic mass is 16.1. The number of allylic oxidation sites excluding steroid dienone is 1. The Kier molecular flexibility index (Phi) is 5.42. The van der Waals surface area contributed by atoms with Crippen molar-refractivity contribution in [2.24, 2.45) is 0 Å². The van der Waals surface area contributed by atoms with Crippen LogP contribution >= 0.6 is 0 Å². The second-order valence-corrected chi connectivity index (χ2v) is 7.62. The number of aromatic nitrogens is 1. The Labute approximate surface area is 166 Å². The summed E-state index contributed by atoms with van der Waals surface area (Å²) in [5, 5.41) is 4.77. The van der Waals surface area contributed by atoms with Gasteiger partial charge in [0.2, 0.25) is 0 Å². The molecule has 144 valence electrons. The molecule has 1 saturated heterocycles. The average molecular weight is 374 g/mol. The predicted molar refractivity (Wildman–Crippen MR) is 116 cm³/mol. The van der Waals surface area contributed by atoms with Crippen LogP contribution in [0.15, 0.2) is 67.3 Å². The molecule has 2 heterocycles. The number of likely N-dealkylation sites (tertiary alicyclic amines) is 1. The van der Waals surface area contributed by atoms with Gasteiger partial charge in [-0.3, -0.25) is 9.36 Å². The van der Waals surface area contributed by atoms with Crippen molar-refractivity contribution >= 4 is 16.8 Å². The lowest BCUT2D eigenvalue weighted by molar-refractivity contribution is 0.0976. The highest BCUT2D eigenvalue weighted by Gasteiger charge is 2.17. The first kappa shape index (κ1) is 18.7. The number of carbonyl (C=O) groups is 1. The minimum Gasteiger partial charge on any atom is -0.310 e. The second kappa shape index (κ2) is 8.13. The zero-order chi connectivity index (χ0) is 19.5. The van der Waals surface area contributed by atoms with E-state index >= 15 is 0 Å². The molecule has 1 N–H and O–H groups in total. The van der Waals surface area contributed by atoms with Crippen LogP contribution in [-0.2, 0) is 6.54 Å². The van der Waals surface area contributed by atoms with Crippen LogP contribution in [0.4, 0.5) is 0 Å². The molecule has 0 atom stereocenters. The molecule has 0 spiro atoms. The van der Waals surface area contributed by atoms with Crippen molar-refractivity contribution in [2.75, 3.05) is 20.1 Å². The van der Waals surface area contributed by atoms with Crippen molar-refractivity contribution in [1.29, 1.82) is 0 Å². The number of piperidine rings is 1. The van der Waals surface area contributed by atoms with E-state index in [-0.39, 0.29) is 5.91 Å². The normalized spacial score (nSPS) is 15.8. The molecule has 3 aromatic rings. The molecule has 0 bridgehead atoms. The van der Waals surface area contributed by atoms with E-state index in [0.717, 1.165) is 41.8 Å². The molecule has 28 heavy (non-hydrogen) atoms. The molecule has 0 saturated carbocycles. The Morgan fingerprint density at radius 3 is 2.61 bits per heavy atom. The Morgan fingerprint density at radius 2 is 1.89 bits per heavy atom. The van der Waals surface area contributed by atoms with Crippen molar-refractivity contribution in [1.82, 2.24) is 14.8 Å². The Hall–Kier alpha value is -2.69. The van der Waals surface area contributed by atoms with Crippen LogP contribution in [0.5, 0.6) is 0 Å². The van der Waals surface area contributed by atoms with Gasteiger partial charge < -0.3 is 10.2 Å². The standard InChI is InChI=1S/C24H27N3O/c1-3-24(28)27-22-10-9-18(17-25-21-11-13-26(2)14-12-21)15-20(22)16-23(27)19-7-5-4-6-8-19/h3-10,15-16,21,25H,1,11-14,17H2,2H3. The highest BCUT2D eigenvalue weighted by molar-refractivity contribution is 6.02. The van der Waals surface area contributed by atoms with Crippen molar-refractivity contribution in [3.63, 3.8) is 0 Å². The molecule has 4 heteroatoms. The van der Waals surface area contributed by atoms with Gasteiger partial charge in [0.05, 0.1) is 11.2 Å². The van der Waals surface area contributed by atoms with Crippen LogP contribution in [0.3, 0.4) is 0 Å². The molecular formula is C24H27N3O. The van der Waals surface area contributed by atoms with Crippen LogP contribution in [0.25, 0.3) is 22.2 Å². The van der Waals surface area contributed by atoms with Gasteiger partial charge in [-0.25, -0.2) is 0 Å². The van der Waals surface area contributed by atoms with Crippen molar-refractivity contribution in [3.8, 4) is 11.3 Å². The predicted octanol–water partition coefficient (Wildman–Crippen LogP) is 4.32. The number of benzene rings is 2. The first-order valence-corrected chi connectivity index (χ1v) is 9.94. The fraction of sp³-hybridized carbons (Fsp3) is 0.292. The molecular weight excluding hydrogens is 346 g/mol. The minimum atomic E-state index is -0.106. The molecule has 4 nitrogen and oxygen atoms in total. The number of nitrogens with zero attached hydrogens (tertiary/aromatic N) is 2. The smallest absolute Gasteiger partial charge is 0.254 e. The van der Waals surface area contributed by atoms with Gasteiger partial charge in [-0.2, -0.15) is 0 Å². The van der Waals surface area contributed by atoms with E-state index in [9.17, 15) is 4.79 Å². The van der Waals surface area contributed by atoms with Crippen molar-refractivity contribution in [2.45, 2.75) is 25.4 Å². The molecule has 0 unspecified atom stereocenters. The second-order valence-electron chi connectivity index (χ2n) is 7.62. The highest BCUT2D eigenvalue weighted by Crippen LogP contribution is 2.29. The topological polar surface area (TPSA) is 37.3 Å². The summed E-state index contributed by atoms with van der Waals surface area (Å²) in [4.78, 5) is 14.9.